The van der Waals surface area contributed by atoms with Crippen molar-refractivity contribution in [2.24, 2.45) is 5.92 Å². The minimum absolute atomic E-state index is 0.277. The van der Waals surface area contributed by atoms with Crippen LogP contribution < -0.4 is 0 Å². The van der Waals surface area contributed by atoms with Gasteiger partial charge in [-0.1, -0.05) is 18.9 Å². The van der Waals surface area contributed by atoms with E-state index in [1.807, 2.05) is 6.08 Å². The first kappa shape index (κ1) is 16.2. The molecule has 0 unspecified atom stereocenters. The Morgan fingerprint density at radius 1 is 1.38 bits per heavy atom. The zero-order valence-corrected chi connectivity index (χ0v) is 13.9. The number of allylic oxidation sites excluding steroid dienone is 1. The second-order valence-electron chi connectivity index (χ2n) is 5.24. The number of carbonyl (C=O) groups excluding carboxylic acids is 1. The van der Waals surface area contributed by atoms with E-state index < -0.39 is 9.84 Å². The predicted octanol–water partition coefficient (Wildman–Crippen LogP) is 3.29. The van der Waals surface area contributed by atoms with Crippen molar-refractivity contribution < 1.29 is 17.9 Å². The molecule has 1 aliphatic carbocycles. The van der Waals surface area contributed by atoms with Gasteiger partial charge in [0.15, 0.2) is 9.84 Å². The standard InChI is InChI=1S/C15H20O4S2/c1-3-19-15(16)12(10-11-6-4-5-7-11)13-8-9-14(20-13)21(2,17)18/h8-11H,3-7H2,1-2H3/b12-10-. The number of hydrogen-bond donors (Lipinski definition) is 0. The maximum Gasteiger partial charge on any atom is 0.339 e. The maximum absolute atomic E-state index is 12.2. The van der Waals surface area contributed by atoms with E-state index in [-0.39, 0.29) is 10.2 Å². The van der Waals surface area contributed by atoms with Crippen molar-refractivity contribution in [2.45, 2.75) is 36.8 Å². The molecule has 0 N–H and O–H groups in total. The first-order valence-electron chi connectivity index (χ1n) is 7.11. The average molecular weight is 328 g/mol. The third-order valence-electron chi connectivity index (χ3n) is 3.51. The molecule has 0 radical (unpaired) electrons. The van der Waals surface area contributed by atoms with Crippen molar-refractivity contribution in [1.29, 1.82) is 0 Å². The first-order chi connectivity index (χ1) is 9.91. The first-order valence-corrected chi connectivity index (χ1v) is 9.82. The van der Waals surface area contributed by atoms with Crippen LogP contribution in [0.4, 0.5) is 0 Å². The second-order valence-corrected chi connectivity index (χ2v) is 8.56. The highest BCUT2D eigenvalue weighted by atomic mass is 32.2. The number of rotatable bonds is 5. The van der Waals surface area contributed by atoms with Gasteiger partial charge in [0.2, 0.25) is 0 Å². The fraction of sp³-hybridized carbons (Fsp3) is 0.533. The highest BCUT2D eigenvalue weighted by Gasteiger charge is 2.21. The highest BCUT2D eigenvalue weighted by Crippen LogP contribution is 2.33. The second kappa shape index (κ2) is 6.75. The Kier molecular flexibility index (Phi) is 5.22. The molecule has 1 aromatic heterocycles. The lowest BCUT2D eigenvalue weighted by molar-refractivity contribution is -0.136. The number of hydrogen-bond acceptors (Lipinski definition) is 5. The normalized spacial score (nSPS) is 17.1. The summed E-state index contributed by atoms with van der Waals surface area (Å²) in [5, 5.41) is 0. The van der Waals surface area contributed by atoms with Gasteiger partial charge >= 0.3 is 5.97 Å². The summed E-state index contributed by atoms with van der Waals surface area (Å²) < 4.78 is 28.6. The number of sulfone groups is 1. The molecule has 0 aromatic carbocycles. The van der Waals surface area contributed by atoms with E-state index in [1.54, 1.807) is 19.1 Å². The maximum atomic E-state index is 12.2. The molecule has 1 heterocycles. The van der Waals surface area contributed by atoms with Crippen molar-refractivity contribution >= 4 is 32.7 Å². The SMILES string of the molecule is CCOC(=O)/C(=C\C1CCCC1)c1ccc(S(C)(=O)=O)s1. The molecule has 116 valence electrons. The number of carbonyl (C=O) groups is 1. The van der Waals surface area contributed by atoms with Crippen LogP contribution in [-0.4, -0.2) is 27.2 Å². The van der Waals surface area contributed by atoms with Gasteiger partial charge < -0.3 is 4.74 Å². The van der Waals surface area contributed by atoms with Gasteiger partial charge in [-0.15, -0.1) is 11.3 Å². The minimum Gasteiger partial charge on any atom is -0.462 e. The van der Waals surface area contributed by atoms with Gasteiger partial charge in [0, 0.05) is 11.1 Å². The van der Waals surface area contributed by atoms with E-state index >= 15 is 0 Å². The van der Waals surface area contributed by atoms with Crippen LogP contribution in [0.5, 0.6) is 0 Å². The molecule has 0 amide bonds. The van der Waals surface area contributed by atoms with Gasteiger partial charge in [-0.25, -0.2) is 13.2 Å². The van der Waals surface area contributed by atoms with Crippen molar-refractivity contribution in [3.63, 3.8) is 0 Å². The molecule has 0 bridgehead atoms. The Hall–Kier alpha value is -1.14. The van der Waals surface area contributed by atoms with E-state index in [9.17, 15) is 13.2 Å². The van der Waals surface area contributed by atoms with Gasteiger partial charge in [0.25, 0.3) is 0 Å². The molecule has 1 aliphatic rings. The fourth-order valence-electron chi connectivity index (χ4n) is 2.48. The molecule has 2 rings (SSSR count). The van der Waals surface area contributed by atoms with Crippen LogP contribution in [0, 0.1) is 5.92 Å². The molecule has 0 atom stereocenters. The summed E-state index contributed by atoms with van der Waals surface area (Å²) >= 11 is 1.13. The van der Waals surface area contributed by atoms with Crippen molar-refractivity contribution in [2.75, 3.05) is 12.9 Å². The van der Waals surface area contributed by atoms with Gasteiger partial charge in [-0.3, -0.25) is 0 Å². The average Bonchev–Trinajstić information content (AvgIpc) is 3.06. The Bertz CT molecular complexity index is 634. The summed E-state index contributed by atoms with van der Waals surface area (Å²) in [4.78, 5) is 12.8. The van der Waals surface area contributed by atoms with Crippen molar-refractivity contribution in [1.82, 2.24) is 0 Å². The van der Waals surface area contributed by atoms with Crippen LogP contribution in [0.25, 0.3) is 5.57 Å². The molecule has 4 nitrogen and oxygen atoms in total. The number of thiophene rings is 1. The summed E-state index contributed by atoms with van der Waals surface area (Å²) in [7, 11) is -3.24. The van der Waals surface area contributed by atoms with E-state index in [2.05, 4.69) is 0 Å². The molecule has 1 fully saturated rings. The molecule has 0 aliphatic heterocycles. The molecule has 0 spiro atoms. The summed E-state index contributed by atoms with van der Waals surface area (Å²) in [6.07, 6.45) is 7.64. The molecule has 1 aromatic rings. The topological polar surface area (TPSA) is 60.4 Å². The Morgan fingerprint density at radius 3 is 2.57 bits per heavy atom. The molecule has 21 heavy (non-hydrogen) atoms. The molecule has 1 saturated carbocycles. The van der Waals surface area contributed by atoms with Crippen LogP contribution in [-0.2, 0) is 19.4 Å². The summed E-state index contributed by atoms with van der Waals surface area (Å²) in [6, 6.07) is 3.25. The third kappa shape index (κ3) is 4.17. The van der Waals surface area contributed by atoms with Crippen LogP contribution in [0.2, 0.25) is 0 Å². The van der Waals surface area contributed by atoms with Gasteiger partial charge in [0.1, 0.15) is 4.21 Å². The largest absolute Gasteiger partial charge is 0.462 e. The smallest absolute Gasteiger partial charge is 0.339 e. The van der Waals surface area contributed by atoms with E-state index in [1.165, 1.54) is 19.1 Å². The molecular weight excluding hydrogens is 308 g/mol. The van der Waals surface area contributed by atoms with Crippen LogP contribution in [0.3, 0.4) is 0 Å². The van der Waals surface area contributed by atoms with Gasteiger partial charge in [-0.2, -0.15) is 0 Å². The molecule has 6 heteroatoms. The quantitative estimate of drug-likeness (QED) is 0.615. The Morgan fingerprint density at radius 2 is 2.05 bits per heavy atom. The summed E-state index contributed by atoms with van der Waals surface area (Å²) in [5.74, 6) is 0.0134. The van der Waals surface area contributed by atoms with Crippen LogP contribution in [0.1, 0.15) is 37.5 Å². The number of esters is 1. The Labute approximate surface area is 129 Å². The monoisotopic (exact) mass is 328 g/mol. The lowest BCUT2D eigenvalue weighted by Gasteiger charge is -2.08. The minimum atomic E-state index is -3.24. The Balaban J connectivity index is 2.34. The molecular formula is C15H20O4S2. The van der Waals surface area contributed by atoms with Crippen LogP contribution >= 0.6 is 11.3 Å². The third-order valence-corrected chi connectivity index (χ3v) is 6.45. The zero-order valence-electron chi connectivity index (χ0n) is 12.3. The fourth-order valence-corrected chi connectivity index (χ4v) is 4.42. The highest BCUT2D eigenvalue weighted by molar-refractivity contribution is 7.92. The zero-order chi connectivity index (χ0) is 15.5. The summed E-state index contributed by atoms with van der Waals surface area (Å²) in [6.45, 7) is 2.08. The van der Waals surface area contributed by atoms with Gasteiger partial charge in [0.05, 0.1) is 12.2 Å². The number of ether oxygens (including phenoxy) is 1. The van der Waals surface area contributed by atoms with E-state index in [0.717, 1.165) is 24.2 Å². The van der Waals surface area contributed by atoms with E-state index in [4.69, 9.17) is 4.74 Å². The lowest BCUT2D eigenvalue weighted by atomic mass is 10.0. The van der Waals surface area contributed by atoms with Crippen molar-refractivity contribution in [3.8, 4) is 0 Å². The van der Waals surface area contributed by atoms with Crippen LogP contribution in [0.15, 0.2) is 22.4 Å². The lowest BCUT2D eigenvalue weighted by Crippen LogP contribution is -2.07. The predicted molar refractivity (Wildman–Crippen MR) is 84.0 cm³/mol. The van der Waals surface area contributed by atoms with E-state index in [0.29, 0.717) is 23.0 Å². The summed E-state index contributed by atoms with van der Waals surface area (Å²) in [5.41, 5.74) is 0.503. The van der Waals surface area contributed by atoms with Gasteiger partial charge in [-0.05, 0) is 37.8 Å². The molecule has 0 saturated heterocycles. The van der Waals surface area contributed by atoms with Crippen molar-refractivity contribution in [3.05, 3.63) is 23.1 Å².